The summed E-state index contributed by atoms with van der Waals surface area (Å²) >= 11 is 0. The molecule has 0 saturated carbocycles. The topological polar surface area (TPSA) is 66.0 Å². The van der Waals surface area contributed by atoms with Crippen LogP contribution in [0.15, 0.2) is 60.8 Å². The molecule has 2 heterocycles. The zero-order chi connectivity index (χ0) is 13.8. The maximum Gasteiger partial charge on any atom is 0.264 e. The monoisotopic (exact) mass is 266 g/mol. The highest BCUT2D eigenvalue weighted by molar-refractivity contribution is 5.85. The molecule has 1 aliphatic heterocycles. The van der Waals surface area contributed by atoms with Crippen LogP contribution in [-0.2, 0) is 4.79 Å². The first-order valence-corrected chi connectivity index (χ1v) is 6.34. The molecule has 0 saturated heterocycles. The molecule has 1 unspecified atom stereocenters. The lowest BCUT2D eigenvalue weighted by molar-refractivity contribution is -0.121. The zero-order valence-electron chi connectivity index (χ0n) is 10.7. The summed E-state index contributed by atoms with van der Waals surface area (Å²) in [4.78, 5) is 16.3. The van der Waals surface area contributed by atoms with Crippen LogP contribution >= 0.6 is 0 Å². The van der Waals surface area contributed by atoms with Gasteiger partial charge in [-0.1, -0.05) is 30.4 Å². The van der Waals surface area contributed by atoms with E-state index in [9.17, 15) is 4.79 Å². The predicted octanol–water partition coefficient (Wildman–Crippen LogP) is 1.72. The van der Waals surface area contributed by atoms with Gasteiger partial charge in [0, 0.05) is 5.39 Å². The van der Waals surface area contributed by atoms with Gasteiger partial charge in [-0.2, -0.15) is 0 Å². The molecule has 1 aromatic carbocycles. The highest BCUT2D eigenvalue weighted by Gasteiger charge is 2.14. The Balaban J connectivity index is 1.66. The number of amides is 1. The van der Waals surface area contributed by atoms with Gasteiger partial charge in [0.05, 0.1) is 5.52 Å². The van der Waals surface area contributed by atoms with Crippen LogP contribution in [-0.4, -0.2) is 16.9 Å². The van der Waals surface area contributed by atoms with E-state index in [0.29, 0.717) is 5.82 Å². The number of rotatable bonds is 3. The lowest BCUT2D eigenvalue weighted by Crippen LogP contribution is -2.44. The highest BCUT2D eigenvalue weighted by Crippen LogP contribution is 2.13. The number of nitrogens with zero attached hydrogens (tertiary/aromatic N) is 1. The number of allylic oxidation sites excluding steroid dienone is 2. The first-order valence-electron chi connectivity index (χ1n) is 6.34. The largest absolute Gasteiger partial charge is 0.376 e. The molecule has 3 rings (SSSR count). The number of benzene rings is 1. The number of pyridine rings is 1. The van der Waals surface area contributed by atoms with Crippen molar-refractivity contribution in [1.29, 1.82) is 0 Å². The van der Waals surface area contributed by atoms with E-state index in [2.05, 4.69) is 21.2 Å². The van der Waals surface area contributed by atoms with E-state index < -0.39 is 0 Å². The fourth-order valence-electron chi connectivity index (χ4n) is 1.95. The number of fused-ring (bicyclic) bond motifs is 1. The van der Waals surface area contributed by atoms with Crippen LogP contribution in [0.25, 0.3) is 10.9 Å². The molecule has 100 valence electrons. The zero-order valence-corrected chi connectivity index (χ0v) is 10.7. The number of anilines is 1. The van der Waals surface area contributed by atoms with Gasteiger partial charge in [-0.25, -0.2) is 4.98 Å². The van der Waals surface area contributed by atoms with E-state index in [1.807, 2.05) is 48.6 Å². The molecular formula is C15H14N4O. The molecule has 0 fully saturated rings. The number of nitrogens with one attached hydrogen (secondary N) is 3. The predicted molar refractivity (Wildman–Crippen MR) is 78.7 cm³/mol. The molecule has 0 spiro atoms. The van der Waals surface area contributed by atoms with Gasteiger partial charge >= 0.3 is 0 Å². The Hall–Kier alpha value is -2.82. The number of dihydropyridines is 1. The Kier molecular flexibility index (Phi) is 3.33. The number of carbonyl (C=O) groups excluding carboxylic acids is 1. The fraction of sp³-hybridized carbons (Fsp3) is 0.0667. The molecule has 0 bridgehead atoms. The summed E-state index contributed by atoms with van der Waals surface area (Å²) in [6.07, 6.45) is 7.18. The van der Waals surface area contributed by atoms with Crippen molar-refractivity contribution in [2.45, 2.75) is 6.04 Å². The van der Waals surface area contributed by atoms with Gasteiger partial charge in [0.2, 0.25) is 0 Å². The summed E-state index contributed by atoms with van der Waals surface area (Å²) in [7, 11) is 0. The highest BCUT2D eigenvalue weighted by atomic mass is 16.2. The van der Waals surface area contributed by atoms with E-state index in [4.69, 9.17) is 0 Å². The summed E-state index contributed by atoms with van der Waals surface area (Å²) in [5.41, 5.74) is 6.34. The maximum atomic E-state index is 11.9. The lowest BCUT2D eigenvalue weighted by Gasteiger charge is -2.16. The van der Waals surface area contributed by atoms with Crippen LogP contribution in [0.5, 0.6) is 0 Å². The molecular weight excluding hydrogens is 252 g/mol. The molecule has 5 nitrogen and oxygen atoms in total. The van der Waals surface area contributed by atoms with Gasteiger partial charge in [-0.3, -0.25) is 15.6 Å². The third-order valence-electron chi connectivity index (χ3n) is 2.98. The molecule has 0 radical (unpaired) electrons. The van der Waals surface area contributed by atoms with Gasteiger partial charge in [0.25, 0.3) is 5.91 Å². The first-order chi connectivity index (χ1) is 9.83. The molecule has 1 atom stereocenters. The molecule has 1 aliphatic rings. The van der Waals surface area contributed by atoms with Crippen molar-refractivity contribution >= 4 is 22.6 Å². The normalized spacial score (nSPS) is 16.7. The van der Waals surface area contributed by atoms with Gasteiger partial charge in [-0.05, 0) is 30.5 Å². The van der Waals surface area contributed by atoms with Crippen molar-refractivity contribution in [2.24, 2.45) is 0 Å². The Labute approximate surface area is 116 Å². The van der Waals surface area contributed by atoms with Crippen molar-refractivity contribution in [2.75, 3.05) is 5.43 Å². The third kappa shape index (κ3) is 2.61. The Morgan fingerprint density at radius 1 is 1.15 bits per heavy atom. The number of aromatic nitrogens is 1. The number of hydrazine groups is 1. The summed E-state index contributed by atoms with van der Waals surface area (Å²) < 4.78 is 0. The summed E-state index contributed by atoms with van der Waals surface area (Å²) in [6, 6.07) is 11.2. The van der Waals surface area contributed by atoms with Crippen LogP contribution in [0.1, 0.15) is 0 Å². The quantitative estimate of drug-likeness (QED) is 0.740. The molecule has 5 heteroatoms. The lowest BCUT2D eigenvalue weighted by atomic mass is 10.2. The van der Waals surface area contributed by atoms with Crippen LogP contribution in [0.4, 0.5) is 5.82 Å². The van der Waals surface area contributed by atoms with E-state index >= 15 is 0 Å². The number of para-hydroxylation sites is 1. The van der Waals surface area contributed by atoms with Crippen molar-refractivity contribution in [3.05, 3.63) is 60.8 Å². The van der Waals surface area contributed by atoms with Gasteiger partial charge in [0.1, 0.15) is 11.9 Å². The summed E-state index contributed by atoms with van der Waals surface area (Å²) in [5.74, 6) is 0.438. The van der Waals surface area contributed by atoms with Crippen LogP contribution in [0.2, 0.25) is 0 Å². The Morgan fingerprint density at radius 2 is 2.05 bits per heavy atom. The van der Waals surface area contributed by atoms with E-state index in [1.165, 1.54) is 0 Å². The molecule has 1 aromatic heterocycles. The Bertz CT molecular complexity index is 693. The molecule has 2 aromatic rings. The molecule has 20 heavy (non-hydrogen) atoms. The second kappa shape index (κ2) is 5.44. The van der Waals surface area contributed by atoms with Gasteiger partial charge in [0.15, 0.2) is 0 Å². The van der Waals surface area contributed by atoms with Crippen LogP contribution < -0.4 is 16.2 Å². The van der Waals surface area contributed by atoms with Crippen molar-refractivity contribution in [3.8, 4) is 0 Å². The second-order valence-electron chi connectivity index (χ2n) is 4.39. The SMILES string of the molecule is O=C(NNc1ccc2ccccc2n1)C1C=CC=CN1. The Morgan fingerprint density at radius 3 is 2.90 bits per heavy atom. The minimum Gasteiger partial charge on any atom is -0.376 e. The summed E-state index contributed by atoms with van der Waals surface area (Å²) in [5, 5.41) is 4.01. The van der Waals surface area contributed by atoms with Gasteiger partial charge < -0.3 is 5.32 Å². The molecule has 3 N–H and O–H groups in total. The first kappa shape index (κ1) is 12.2. The van der Waals surface area contributed by atoms with Crippen molar-refractivity contribution in [1.82, 2.24) is 15.7 Å². The smallest absolute Gasteiger partial charge is 0.264 e. The minimum atomic E-state index is -0.368. The van der Waals surface area contributed by atoms with Crippen molar-refractivity contribution < 1.29 is 4.79 Å². The van der Waals surface area contributed by atoms with Gasteiger partial charge in [-0.15, -0.1) is 0 Å². The fourth-order valence-corrected chi connectivity index (χ4v) is 1.95. The standard InChI is InChI=1S/C15H14N4O/c20-15(13-7-3-4-10-16-13)19-18-14-9-8-11-5-1-2-6-12(11)17-14/h1-10,13,16H,(H,17,18)(H,19,20). The minimum absolute atomic E-state index is 0.166. The average Bonchev–Trinajstić information content (AvgIpc) is 2.53. The van der Waals surface area contributed by atoms with E-state index in [0.717, 1.165) is 10.9 Å². The van der Waals surface area contributed by atoms with E-state index in [-0.39, 0.29) is 11.9 Å². The summed E-state index contributed by atoms with van der Waals surface area (Å²) in [6.45, 7) is 0. The third-order valence-corrected chi connectivity index (χ3v) is 2.98. The maximum absolute atomic E-state index is 11.9. The van der Waals surface area contributed by atoms with Crippen LogP contribution in [0, 0.1) is 0 Å². The molecule has 0 aliphatic carbocycles. The number of hydrogen-bond acceptors (Lipinski definition) is 4. The molecule has 1 amide bonds. The number of hydrogen-bond donors (Lipinski definition) is 3. The van der Waals surface area contributed by atoms with E-state index in [1.54, 1.807) is 12.3 Å². The second-order valence-corrected chi connectivity index (χ2v) is 4.39. The van der Waals surface area contributed by atoms with Crippen molar-refractivity contribution in [3.63, 3.8) is 0 Å². The average molecular weight is 266 g/mol. The number of carbonyl (C=O) groups is 1. The van der Waals surface area contributed by atoms with Crippen LogP contribution in [0.3, 0.4) is 0 Å².